The maximum atomic E-state index is 7.14. The van der Waals surface area contributed by atoms with Gasteiger partial charge in [0.1, 0.15) is 0 Å². The number of nitrogens with one attached hydrogen (secondary N) is 1. The Morgan fingerprint density at radius 1 is 1.62 bits per heavy atom. The summed E-state index contributed by atoms with van der Waals surface area (Å²) < 4.78 is 0. The van der Waals surface area contributed by atoms with Crippen LogP contribution in [0.15, 0.2) is 0 Å². The second-order valence-electron chi connectivity index (χ2n) is 4.37. The highest BCUT2D eigenvalue weighted by atomic mass is 15.1. The highest BCUT2D eigenvalue weighted by molar-refractivity contribution is 5.76. The Balaban J connectivity index is 2.21. The number of amidine groups is 1. The molecule has 1 saturated heterocycles. The minimum absolute atomic E-state index is 0.313. The highest BCUT2D eigenvalue weighted by Crippen LogP contribution is 2.23. The lowest BCUT2D eigenvalue weighted by Crippen LogP contribution is -2.26. The first-order valence-electron chi connectivity index (χ1n) is 5.15. The Morgan fingerprint density at radius 3 is 2.77 bits per heavy atom. The van der Waals surface area contributed by atoms with Crippen LogP contribution in [0, 0.1) is 17.2 Å². The van der Waals surface area contributed by atoms with Crippen LogP contribution in [0.25, 0.3) is 0 Å². The number of likely N-dealkylation sites (tertiary alicyclic amines) is 1. The van der Waals surface area contributed by atoms with Crippen molar-refractivity contribution in [3.63, 3.8) is 0 Å². The minimum atomic E-state index is 0.313. The van der Waals surface area contributed by atoms with E-state index >= 15 is 0 Å². The normalized spacial score (nSPS) is 24.1. The summed E-state index contributed by atoms with van der Waals surface area (Å²) in [6, 6.07) is 0. The molecule has 0 bridgehead atoms. The summed E-state index contributed by atoms with van der Waals surface area (Å²) in [5.74, 6) is 1.96. The van der Waals surface area contributed by atoms with E-state index in [1.165, 1.54) is 19.5 Å². The predicted molar refractivity (Wildman–Crippen MR) is 55.9 cm³/mol. The highest BCUT2D eigenvalue weighted by Gasteiger charge is 2.24. The summed E-state index contributed by atoms with van der Waals surface area (Å²) in [6.07, 6.45) is 2.04. The van der Waals surface area contributed by atoms with Crippen molar-refractivity contribution in [2.24, 2.45) is 17.6 Å². The van der Waals surface area contributed by atoms with Gasteiger partial charge in [0.2, 0.25) is 0 Å². The lowest BCUT2D eigenvalue weighted by atomic mass is 9.95. The van der Waals surface area contributed by atoms with Crippen LogP contribution in [0.2, 0.25) is 0 Å². The summed E-state index contributed by atoms with van der Waals surface area (Å²) in [6.45, 7) is 7.94. The monoisotopic (exact) mass is 183 g/mol. The topological polar surface area (TPSA) is 53.1 Å². The van der Waals surface area contributed by atoms with Gasteiger partial charge in [-0.1, -0.05) is 13.8 Å². The summed E-state index contributed by atoms with van der Waals surface area (Å²) in [5.41, 5.74) is 5.32. The van der Waals surface area contributed by atoms with Gasteiger partial charge in [-0.05, 0) is 24.8 Å². The zero-order valence-electron chi connectivity index (χ0n) is 8.71. The maximum Gasteiger partial charge on any atom is 0.0918 e. The molecule has 1 atom stereocenters. The molecule has 0 aliphatic carbocycles. The lowest BCUT2D eigenvalue weighted by molar-refractivity contribution is 0.310. The molecule has 0 aromatic carbocycles. The molecule has 0 saturated carbocycles. The SMILES string of the molecule is CC(C)C1CCN(CCC(=N)N)C1. The van der Waals surface area contributed by atoms with Crippen molar-refractivity contribution in [2.75, 3.05) is 19.6 Å². The smallest absolute Gasteiger partial charge is 0.0918 e. The average molecular weight is 183 g/mol. The Morgan fingerprint density at radius 2 is 2.31 bits per heavy atom. The first-order valence-corrected chi connectivity index (χ1v) is 5.15. The Bertz CT molecular complexity index is 177. The van der Waals surface area contributed by atoms with Crippen LogP contribution in [-0.2, 0) is 0 Å². The molecule has 3 nitrogen and oxygen atoms in total. The van der Waals surface area contributed by atoms with Crippen LogP contribution in [0.4, 0.5) is 0 Å². The molecule has 3 heteroatoms. The molecule has 1 aliphatic heterocycles. The third-order valence-electron chi connectivity index (χ3n) is 2.95. The van der Waals surface area contributed by atoms with E-state index in [-0.39, 0.29) is 0 Å². The first-order chi connectivity index (χ1) is 6.09. The fourth-order valence-corrected chi connectivity index (χ4v) is 1.89. The first kappa shape index (κ1) is 10.5. The van der Waals surface area contributed by atoms with Gasteiger partial charge in [0, 0.05) is 19.5 Å². The molecule has 1 aliphatic rings. The quantitative estimate of drug-likeness (QED) is 0.510. The molecular formula is C10H21N3. The standard InChI is InChI=1S/C10H21N3/c1-8(2)9-3-5-13(7-9)6-4-10(11)12/h8-9H,3-7H2,1-2H3,(H3,11,12). The second kappa shape index (κ2) is 4.61. The Labute approximate surface area is 80.8 Å². The zero-order chi connectivity index (χ0) is 9.84. The van der Waals surface area contributed by atoms with E-state index in [0.717, 1.165) is 24.8 Å². The molecule has 0 spiro atoms. The summed E-state index contributed by atoms with van der Waals surface area (Å²) >= 11 is 0. The van der Waals surface area contributed by atoms with E-state index in [1.807, 2.05) is 0 Å². The van der Waals surface area contributed by atoms with Crippen molar-refractivity contribution in [3.05, 3.63) is 0 Å². The van der Waals surface area contributed by atoms with Gasteiger partial charge in [-0.15, -0.1) is 0 Å². The molecule has 0 aromatic rings. The Kier molecular flexibility index (Phi) is 3.72. The van der Waals surface area contributed by atoms with Crippen molar-refractivity contribution >= 4 is 5.84 Å². The van der Waals surface area contributed by atoms with Crippen LogP contribution in [0.3, 0.4) is 0 Å². The van der Waals surface area contributed by atoms with Crippen LogP contribution < -0.4 is 5.73 Å². The van der Waals surface area contributed by atoms with Gasteiger partial charge >= 0.3 is 0 Å². The van der Waals surface area contributed by atoms with Crippen molar-refractivity contribution < 1.29 is 0 Å². The van der Waals surface area contributed by atoms with Crippen molar-refractivity contribution in [3.8, 4) is 0 Å². The molecule has 13 heavy (non-hydrogen) atoms. The maximum absolute atomic E-state index is 7.14. The third-order valence-corrected chi connectivity index (χ3v) is 2.95. The number of hydrogen-bond acceptors (Lipinski definition) is 2. The van der Waals surface area contributed by atoms with Gasteiger partial charge in [0.25, 0.3) is 0 Å². The molecular weight excluding hydrogens is 162 g/mol. The van der Waals surface area contributed by atoms with Crippen molar-refractivity contribution in [1.29, 1.82) is 5.41 Å². The molecule has 0 aromatic heterocycles. The van der Waals surface area contributed by atoms with Gasteiger partial charge in [0.05, 0.1) is 5.84 Å². The summed E-state index contributed by atoms with van der Waals surface area (Å²) in [4.78, 5) is 2.42. The fourth-order valence-electron chi connectivity index (χ4n) is 1.89. The molecule has 1 unspecified atom stereocenters. The van der Waals surface area contributed by atoms with Gasteiger partial charge in [-0.3, -0.25) is 5.41 Å². The molecule has 0 amide bonds. The number of rotatable bonds is 4. The van der Waals surface area contributed by atoms with E-state index in [4.69, 9.17) is 11.1 Å². The van der Waals surface area contributed by atoms with Crippen molar-refractivity contribution in [1.82, 2.24) is 4.90 Å². The molecule has 76 valence electrons. The summed E-state index contributed by atoms with van der Waals surface area (Å²) in [5, 5.41) is 7.14. The van der Waals surface area contributed by atoms with E-state index in [1.54, 1.807) is 0 Å². The van der Waals surface area contributed by atoms with E-state index in [0.29, 0.717) is 5.84 Å². The van der Waals surface area contributed by atoms with E-state index in [9.17, 15) is 0 Å². The third kappa shape index (κ3) is 3.35. The number of nitrogens with two attached hydrogens (primary N) is 1. The molecule has 3 N–H and O–H groups in total. The minimum Gasteiger partial charge on any atom is -0.388 e. The fraction of sp³-hybridized carbons (Fsp3) is 0.900. The lowest BCUT2D eigenvalue weighted by Gasteiger charge is -2.17. The van der Waals surface area contributed by atoms with Gasteiger partial charge < -0.3 is 10.6 Å². The van der Waals surface area contributed by atoms with Crippen LogP contribution in [0.5, 0.6) is 0 Å². The second-order valence-corrected chi connectivity index (χ2v) is 4.37. The molecule has 0 radical (unpaired) electrons. The molecule has 1 fully saturated rings. The van der Waals surface area contributed by atoms with E-state index < -0.39 is 0 Å². The number of hydrogen-bond donors (Lipinski definition) is 2. The van der Waals surface area contributed by atoms with Crippen LogP contribution >= 0.6 is 0 Å². The largest absolute Gasteiger partial charge is 0.388 e. The van der Waals surface area contributed by atoms with Crippen molar-refractivity contribution in [2.45, 2.75) is 26.7 Å². The summed E-state index contributed by atoms with van der Waals surface area (Å²) in [7, 11) is 0. The van der Waals surface area contributed by atoms with Gasteiger partial charge in [-0.25, -0.2) is 0 Å². The average Bonchev–Trinajstić information content (AvgIpc) is 2.48. The van der Waals surface area contributed by atoms with Gasteiger partial charge in [-0.2, -0.15) is 0 Å². The van der Waals surface area contributed by atoms with Crippen LogP contribution in [0.1, 0.15) is 26.7 Å². The van der Waals surface area contributed by atoms with Gasteiger partial charge in [0.15, 0.2) is 0 Å². The molecule has 1 heterocycles. The predicted octanol–water partition coefficient (Wildman–Crippen LogP) is 1.29. The number of nitrogens with zero attached hydrogens (tertiary/aromatic N) is 1. The van der Waals surface area contributed by atoms with E-state index in [2.05, 4.69) is 18.7 Å². The zero-order valence-corrected chi connectivity index (χ0v) is 8.71. The molecule has 1 rings (SSSR count). The Hall–Kier alpha value is -0.570. The van der Waals surface area contributed by atoms with Crippen LogP contribution in [-0.4, -0.2) is 30.4 Å².